The van der Waals surface area contributed by atoms with Crippen LogP contribution in [0.2, 0.25) is 0 Å². The van der Waals surface area contributed by atoms with E-state index in [0.29, 0.717) is 6.04 Å². The largest absolute Gasteiger partial charge is 0.317 e. The van der Waals surface area contributed by atoms with E-state index in [0.717, 1.165) is 6.42 Å². The molecule has 15 heavy (non-hydrogen) atoms. The van der Waals surface area contributed by atoms with Gasteiger partial charge in [0.05, 0.1) is 0 Å². The molecule has 82 valence electrons. The molecular formula is C12H16ClNS. The molecule has 0 saturated carbocycles. The van der Waals surface area contributed by atoms with E-state index in [2.05, 4.69) is 41.9 Å². The van der Waals surface area contributed by atoms with Crippen LogP contribution in [0.1, 0.15) is 12.5 Å². The van der Waals surface area contributed by atoms with Crippen LogP contribution < -0.4 is 5.32 Å². The van der Waals surface area contributed by atoms with Crippen LogP contribution in [0, 0.1) is 0 Å². The van der Waals surface area contributed by atoms with Crippen LogP contribution in [0.25, 0.3) is 10.1 Å². The van der Waals surface area contributed by atoms with Gasteiger partial charge in [-0.05, 0) is 48.9 Å². The summed E-state index contributed by atoms with van der Waals surface area (Å²) in [6, 6.07) is 9.46. The molecular weight excluding hydrogens is 226 g/mol. The Kier molecular flexibility index (Phi) is 4.58. The Labute approximate surface area is 101 Å². The van der Waals surface area contributed by atoms with E-state index in [4.69, 9.17) is 0 Å². The highest BCUT2D eigenvalue weighted by Crippen LogP contribution is 2.22. The number of thiophene rings is 1. The fourth-order valence-electron chi connectivity index (χ4n) is 1.58. The molecule has 0 aliphatic heterocycles. The molecule has 1 aromatic heterocycles. The smallest absolute Gasteiger partial charge is 0.0345 e. The molecule has 3 heteroatoms. The van der Waals surface area contributed by atoms with Crippen molar-refractivity contribution in [1.29, 1.82) is 0 Å². The Balaban J connectivity index is 0.00000112. The summed E-state index contributed by atoms with van der Waals surface area (Å²) >= 11 is 1.82. The Morgan fingerprint density at radius 1 is 1.33 bits per heavy atom. The molecule has 0 bridgehead atoms. The Morgan fingerprint density at radius 2 is 2.13 bits per heavy atom. The second kappa shape index (κ2) is 5.50. The van der Waals surface area contributed by atoms with E-state index >= 15 is 0 Å². The number of fused-ring (bicyclic) bond motifs is 1. The van der Waals surface area contributed by atoms with Crippen molar-refractivity contribution in [3.8, 4) is 0 Å². The third kappa shape index (κ3) is 2.94. The number of likely N-dealkylation sites (N-methyl/N-ethyl adjacent to an activating group) is 1. The third-order valence-electron chi connectivity index (χ3n) is 2.56. The molecule has 0 saturated heterocycles. The molecule has 0 spiro atoms. The van der Waals surface area contributed by atoms with E-state index in [1.807, 2.05) is 18.4 Å². The van der Waals surface area contributed by atoms with E-state index in [9.17, 15) is 0 Å². The number of hydrogen-bond acceptors (Lipinski definition) is 2. The lowest BCUT2D eigenvalue weighted by Gasteiger charge is -2.09. The van der Waals surface area contributed by atoms with E-state index in [-0.39, 0.29) is 12.4 Å². The van der Waals surface area contributed by atoms with E-state index in [1.54, 1.807) is 0 Å². The fraction of sp³-hybridized carbons (Fsp3) is 0.333. The van der Waals surface area contributed by atoms with Crippen LogP contribution in [0.5, 0.6) is 0 Å². The second-order valence-corrected chi connectivity index (χ2v) is 4.63. The van der Waals surface area contributed by atoms with Crippen LogP contribution in [0.4, 0.5) is 0 Å². The molecule has 2 aromatic rings. The number of nitrogens with one attached hydrogen (secondary N) is 1. The molecule has 1 N–H and O–H groups in total. The molecule has 0 aliphatic rings. The Hall–Kier alpha value is -0.570. The monoisotopic (exact) mass is 241 g/mol. The van der Waals surface area contributed by atoms with Crippen LogP contribution in [0.3, 0.4) is 0 Å². The van der Waals surface area contributed by atoms with Crippen molar-refractivity contribution in [1.82, 2.24) is 5.32 Å². The van der Waals surface area contributed by atoms with Crippen molar-refractivity contribution in [2.75, 3.05) is 7.05 Å². The Morgan fingerprint density at radius 3 is 2.87 bits per heavy atom. The SMILES string of the molecule is CNC(C)Cc1ccc2ccsc2c1.Cl. The quantitative estimate of drug-likeness (QED) is 0.868. The first-order chi connectivity index (χ1) is 6.79. The lowest BCUT2D eigenvalue weighted by Crippen LogP contribution is -2.23. The van der Waals surface area contributed by atoms with E-state index < -0.39 is 0 Å². The molecule has 0 fully saturated rings. The summed E-state index contributed by atoms with van der Waals surface area (Å²) in [4.78, 5) is 0. The first-order valence-electron chi connectivity index (χ1n) is 4.93. The zero-order chi connectivity index (χ0) is 9.97. The number of halogens is 1. The summed E-state index contributed by atoms with van der Waals surface area (Å²) in [5.41, 5.74) is 1.42. The molecule has 1 heterocycles. The minimum Gasteiger partial charge on any atom is -0.317 e. The van der Waals surface area contributed by atoms with Gasteiger partial charge in [-0.15, -0.1) is 23.7 Å². The maximum absolute atomic E-state index is 3.26. The summed E-state index contributed by atoms with van der Waals surface area (Å²) in [6.45, 7) is 2.21. The van der Waals surface area contributed by atoms with Crippen molar-refractivity contribution >= 4 is 33.8 Å². The average Bonchev–Trinajstić information content (AvgIpc) is 2.64. The topological polar surface area (TPSA) is 12.0 Å². The zero-order valence-corrected chi connectivity index (χ0v) is 10.6. The minimum absolute atomic E-state index is 0. The highest BCUT2D eigenvalue weighted by atomic mass is 35.5. The van der Waals surface area contributed by atoms with Crippen molar-refractivity contribution in [2.24, 2.45) is 0 Å². The summed E-state index contributed by atoms with van der Waals surface area (Å²) in [7, 11) is 2.01. The van der Waals surface area contributed by atoms with Crippen LogP contribution in [-0.4, -0.2) is 13.1 Å². The standard InChI is InChI=1S/C12H15NS.ClH/c1-9(13-2)7-10-3-4-11-5-6-14-12(11)8-10;/h3-6,8-9,13H,7H2,1-2H3;1H. The lowest BCUT2D eigenvalue weighted by molar-refractivity contribution is 0.609. The maximum atomic E-state index is 3.26. The van der Waals surface area contributed by atoms with Gasteiger partial charge in [0.15, 0.2) is 0 Å². The number of benzene rings is 1. The second-order valence-electron chi connectivity index (χ2n) is 3.69. The molecule has 2 rings (SSSR count). The summed E-state index contributed by atoms with van der Waals surface area (Å²) < 4.78 is 1.39. The molecule has 0 amide bonds. The van der Waals surface area contributed by atoms with Crippen LogP contribution >= 0.6 is 23.7 Å². The van der Waals surface area contributed by atoms with Gasteiger partial charge in [-0.1, -0.05) is 12.1 Å². The molecule has 1 nitrogen and oxygen atoms in total. The lowest BCUT2D eigenvalue weighted by atomic mass is 10.1. The van der Waals surface area contributed by atoms with Gasteiger partial charge in [0.1, 0.15) is 0 Å². The number of rotatable bonds is 3. The molecule has 1 atom stereocenters. The van der Waals surface area contributed by atoms with E-state index in [1.165, 1.54) is 15.6 Å². The minimum atomic E-state index is 0. The van der Waals surface area contributed by atoms with Crippen molar-refractivity contribution in [3.63, 3.8) is 0 Å². The predicted molar refractivity (Wildman–Crippen MR) is 71.3 cm³/mol. The fourth-order valence-corrected chi connectivity index (χ4v) is 2.43. The molecule has 1 unspecified atom stereocenters. The van der Waals surface area contributed by atoms with Crippen LogP contribution in [-0.2, 0) is 6.42 Å². The maximum Gasteiger partial charge on any atom is 0.0345 e. The number of hydrogen-bond donors (Lipinski definition) is 1. The Bertz CT molecular complexity index is 424. The summed E-state index contributed by atoms with van der Waals surface area (Å²) in [5.74, 6) is 0. The van der Waals surface area contributed by atoms with Gasteiger partial charge >= 0.3 is 0 Å². The highest BCUT2D eigenvalue weighted by Gasteiger charge is 2.01. The van der Waals surface area contributed by atoms with Gasteiger partial charge in [0.2, 0.25) is 0 Å². The first-order valence-corrected chi connectivity index (χ1v) is 5.81. The van der Waals surface area contributed by atoms with Gasteiger partial charge in [0, 0.05) is 10.7 Å². The van der Waals surface area contributed by atoms with Crippen molar-refractivity contribution in [3.05, 3.63) is 35.2 Å². The molecule has 0 radical (unpaired) electrons. The third-order valence-corrected chi connectivity index (χ3v) is 3.43. The predicted octanol–water partition coefficient (Wildman–Crippen LogP) is 3.47. The van der Waals surface area contributed by atoms with Gasteiger partial charge in [-0.2, -0.15) is 0 Å². The molecule has 1 aromatic carbocycles. The summed E-state index contributed by atoms with van der Waals surface area (Å²) in [5, 5.41) is 6.76. The normalized spacial score (nSPS) is 12.4. The van der Waals surface area contributed by atoms with Crippen molar-refractivity contribution < 1.29 is 0 Å². The van der Waals surface area contributed by atoms with Crippen molar-refractivity contribution in [2.45, 2.75) is 19.4 Å². The van der Waals surface area contributed by atoms with Gasteiger partial charge in [0.25, 0.3) is 0 Å². The van der Waals surface area contributed by atoms with Crippen LogP contribution in [0.15, 0.2) is 29.6 Å². The highest BCUT2D eigenvalue weighted by molar-refractivity contribution is 7.17. The summed E-state index contributed by atoms with van der Waals surface area (Å²) in [6.07, 6.45) is 1.10. The van der Waals surface area contributed by atoms with Gasteiger partial charge in [-0.3, -0.25) is 0 Å². The zero-order valence-electron chi connectivity index (χ0n) is 8.99. The van der Waals surface area contributed by atoms with Gasteiger partial charge in [-0.25, -0.2) is 0 Å². The molecule has 0 aliphatic carbocycles. The first kappa shape index (κ1) is 12.5. The van der Waals surface area contributed by atoms with Gasteiger partial charge < -0.3 is 5.32 Å². The average molecular weight is 242 g/mol.